The molecule has 2 heterocycles. The molecule has 0 aliphatic carbocycles. The van der Waals surface area contributed by atoms with E-state index in [0.29, 0.717) is 5.92 Å². The molecule has 1 atom stereocenters. The van der Waals surface area contributed by atoms with Crippen molar-refractivity contribution in [3.05, 3.63) is 36.5 Å². The molecule has 26 heavy (non-hydrogen) atoms. The van der Waals surface area contributed by atoms with E-state index in [1.54, 1.807) is 0 Å². The standard InChI is InChI=1S/C20H31N5.HI/c1-3-21-20(23-15-17-9-13-24(2)16-17)22-11-6-12-25-14-10-18-7-4-5-8-19(18)25;/h4-5,7-8,10,14,17H,3,6,9,11-13,15-16H2,1-2H3,(H2,21,22,23);1H. The van der Waals surface area contributed by atoms with Gasteiger partial charge in [0.15, 0.2) is 5.96 Å². The molecule has 1 aliphatic rings. The number of guanidine groups is 1. The van der Waals surface area contributed by atoms with Gasteiger partial charge in [-0.15, -0.1) is 24.0 Å². The summed E-state index contributed by atoms with van der Waals surface area (Å²) in [5.74, 6) is 1.65. The molecule has 2 aromatic rings. The Labute approximate surface area is 174 Å². The lowest BCUT2D eigenvalue weighted by Gasteiger charge is -2.13. The predicted molar refractivity (Wildman–Crippen MR) is 122 cm³/mol. The van der Waals surface area contributed by atoms with Gasteiger partial charge < -0.3 is 20.1 Å². The molecule has 1 saturated heterocycles. The molecule has 2 N–H and O–H groups in total. The first-order valence-electron chi connectivity index (χ1n) is 9.51. The van der Waals surface area contributed by atoms with Gasteiger partial charge in [0, 0.05) is 44.4 Å². The summed E-state index contributed by atoms with van der Waals surface area (Å²) in [4.78, 5) is 7.17. The number of nitrogens with zero attached hydrogens (tertiary/aromatic N) is 3. The van der Waals surface area contributed by atoms with Crippen LogP contribution < -0.4 is 10.6 Å². The van der Waals surface area contributed by atoms with Crippen LogP contribution in [-0.4, -0.2) is 55.2 Å². The van der Waals surface area contributed by atoms with Crippen molar-refractivity contribution >= 4 is 40.8 Å². The maximum absolute atomic E-state index is 4.78. The SMILES string of the molecule is CCNC(=NCC1CCN(C)C1)NCCCn1ccc2ccccc21.I. The van der Waals surface area contributed by atoms with E-state index in [0.717, 1.165) is 38.6 Å². The number of benzene rings is 1. The third-order valence-electron chi connectivity index (χ3n) is 4.89. The van der Waals surface area contributed by atoms with Crippen LogP contribution in [0.15, 0.2) is 41.5 Å². The van der Waals surface area contributed by atoms with Gasteiger partial charge in [0.05, 0.1) is 0 Å². The van der Waals surface area contributed by atoms with E-state index in [1.165, 1.54) is 30.4 Å². The molecule has 1 aliphatic heterocycles. The maximum Gasteiger partial charge on any atom is 0.191 e. The number of halogens is 1. The normalized spacial score (nSPS) is 18.1. The highest BCUT2D eigenvalue weighted by molar-refractivity contribution is 14.0. The fourth-order valence-corrected chi connectivity index (χ4v) is 3.53. The number of aryl methyl sites for hydroxylation is 1. The molecule has 144 valence electrons. The number of nitrogens with one attached hydrogen (secondary N) is 2. The molecular weight excluding hydrogens is 437 g/mol. The molecule has 0 radical (unpaired) electrons. The van der Waals surface area contributed by atoms with Crippen molar-refractivity contribution in [1.29, 1.82) is 0 Å². The highest BCUT2D eigenvalue weighted by Gasteiger charge is 2.18. The van der Waals surface area contributed by atoms with Crippen molar-refractivity contribution in [3.8, 4) is 0 Å². The number of aliphatic imine (C=N–C) groups is 1. The van der Waals surface area contributed by atoms with Gasteiger partial charge in [-0.2, -0.15) is 0 Å². The van der Waals surface area contributed by atoms with Gasteiger partial charge in [-0.25, -0.2) is 0 Å². The largest absolute Gasteiger partial charge is 0.357 e. The molecule has 0 amide bonds. The first-order valence-corrected chi connectivity index (χ1v) is 9.51. The zero-order valence-electron chi connectivity index (χ0n) is 15.9. The summed E-state index contributed by atoms with van der Waals surface area (Å²) in [5.41, 5.74) is 1.31. The second kappa shape index (κ2) is 10.8. The van der Waals surface area contributed by atoms with E-state index >= 15 is 0 Å². The number of para-hydroxylation sites is 1. The van der Waals surface area contributed by atoms with E-state index < -0.39 is 0 Å². The number of likely N-dealkylation sites (tertiary alicyclic amines) is 1. The van der Waals surface area contributed by atoms with Gasteiger partial charge >= 0.3 is 0 Å². The number of hydrogen-bond donors (Lipinski definition) is 2. The van der Waals surface area contributed by atoms with Crippen LogP contribution in [0.2, 0.25) is 0 Å². The van der Waals surface area contributed by atoms with E-state index in [1.807, 2.05) is 0 Å². The third kappa shape index (κ3) is 5.87. The van der Waals surface area contributed by atoms with E-state index in [-0.39, 0.29) is 24.0 Å². The molecule has 1 aromatic heterocycles. The zero-order chi connectivity index (χ0) is 17.5. The minimum Gasteiger partial charge on any atom is -0.357 e. The van der Waals surface area contributed by atoms with Crippen LogP contribution in [0, 0.1) is 5.92 Å². The molecule has 0 bridgehead atoms. The maximum atomic E-state index is 4.78. The van der Waals surface area contributed by atoms with Crippen molar-refractivity contribution in [2.24, 2.45) is 10.9 Å². The van der Waals surface area contributed by atoms with Crippen LogP contribution in [0.5, 0.6) is 0 Å². The summed E-state index contributed by atoms with van der Waals surface area (Å²) in [6.07, 6.45) is 4.52. The minimum absolute atomic E-state index is 0. The molecular formula is C20H32IN5. The molecule has 5 nitrogen and oxygen atoms in total. The van der Waals surface area contributed by atoms with Gasteiger partial charge in [-0.3, -0.25) is 4.99 Å². The van der Waals surface area contributed by atoms with Gasteiger partial charge in [0.2, 0.25) is 0 Å². The number of hydrogen-bond acceptors (Lipinski definition) is 2. The Balaban J connectivity index is 0.00000243. The highest BCUT2D eigenvalue weighted by atomic mass is 127. The summed E-state index contributed by atoms with van der Waals surface area (Å²) in [5, 5.41) is 8.15. The van der Waals surface area contributed by atoms with Gasteiger partial charge in [-0.05, 0) is 56.8 Å². The minimum atomic E-state index is 0. The van der Waals surface area contributed by atoms with Crippen molar-refractivity contribution in [1.82, 2.24) is 20.1 Å². The first-order chi connectivity index (χ1) is 12.3. The second-order valence-corrected chi connectivity index (χ2v) is 6.98. The quantitative estimate of drug-likeness (QED) is 0.284. The summed E-state index contributed by atoms with van der Waals surface area (Å²) in [6, 6.07) is 10.7. The van der Waals surface area contributed by atoms with Crippen LogP contribution in [0.1, 0.15) is 19.8 Å². The third-order valence-corrected chi connectivity index (χ3v) is 4.89. The highest BCUT2D eigenvalue weighted by Crippen LogP contribution is 2.15. The number of fused-ring (bicyclic) bond motifs is 1. The number of aromatic nitrogens is 1. The fourth-order valence-electron chi connectivity index (χ4n) is 3.53. The first kappa shape index (κ1) is 21.0. The Morgan fingerprint density at radius 3 is 2.85 bits per heavy atom. The number of rotatable bonds is 7. The summed E-state index contributed by atoms with van der Waals surface area (Å²) in [6.45, 7) is 8.27. The van der Waals surface area contributed by atoms with Crippen LogP contribution >= 0.6 is 24.0 Å². The lowest BCUT2D eigenvalue weighted by atomic mass is 10.1. The average Bonchev–Trinajstić information content (AvgIpc) is 3.22. The monoisotopic (exact) mass is 469 g/mol. The van der Waals surface area contributed by atoms with Crippen molar-refractivity contribution in [3.63, 3.8) is 0 Å². The Bertz CT molecular complexity index is 696. The van der Waals surface area contributed by atoms with Crippen molar-refractivity contribution in [2.45, 2.75) is 26.3 Å². The predicted octanol–water partition coefficient (Wildman–Crippen LogP) is 3.16. The molecule has 0 spiro atoms. The van der Waals surface area contributed by atoms with Crippen LogP contribution in [0.4, 0.5) is 0 Å². The van der Waals surface area contributed by atoms with E-state index in [9.17, 15) is 0 Å². The average molecular weight is 469 g/mol. The topological polar surface area (TPSA) is 44.6 Å². The van der Waals surface area contributed by atoms with Crippen molar-refractivity contribution in [2.75, 3.05) is 39.8 Å². The Morgan fingerprint density at radius 1 is 1.23 bits per heavy atom. The smallest absolute Gasteiger partial charge is 0.191 e. The van der Waals surface area contributed by atoms with Crippen LogP contribution in [-0.2, 0) is 6.54 Å². The van der Waals surface area contributed by atoms with Crippen LogP contribution in [0.3, 0.4) is 0 Å². The fraction of sp³-hybridized carbons (Fsp3) is 0.550. The Hall–Kier alpha value is -1.28. The van der Waals surface area contributed by atoms with Crippen LogP contribution in [0.25, 0.3) is 10.9 Å². The molecule has 1 unspecified atom stereocenters. The van der Waals surface area contributed by atoms with Gasteiger partial charge in [-0.1, -0.05) is 18.2 Å². The summed E-state index contributed by atoms with van der Waals surface area (Å²) >= 11 is 0. The Kier molecular flexibility index (Phi) is 8.71. The van der Waals surface area contributed by atoms with Crippen molar-refractivity contribution < 1.29 is 0 Å². The Morgan fingerprint density at radius 2 is 2.08 bits per heavy atom. The molecule has 0 saturated carbocycles. The second-order valence-electron chi connectivity index (χ2n) is 6.98. The van der Waals surface area contributed by atoms with E-state index in [4.69, 9.17) is 4.99 Å². The summed E-state index contributed by atoms with van der Waals surface area (Å²) in [7, 11) is 2.19. The molecule has 6 heteroatoms. The molecule has 1 aromatic carbocycles. The lowest BCUT2D eigenvalue weighted by molar-refractivity contribution is 0.397. The molecule has 3 rings (SSSR count). The van der Waals surface area contributed by atoms with Gasteiger partial charge in [0.25, 0.3) is 0 Å². The lowest BCUT2D eigenvalue weighted by Crippen LogP contribution is -2.38. The van der Waals surface area contributed by atoms with E-state index in [2.05, 4.69) is 70.6 Å². The molecule has 1 fully saturated rings. The van der Waals surface area contributed by atoms with Gasteiger partial charge in [0.1, 0.15) is 0 Å². The summed E-state index contributed by atoms with van der Waals surface area (Å²) < 4.78 is 2.33. The zero-order valence-corrected chi connectivity index (χ0v) is 18.3.